The van der Waals surface area contributed by atoms with Gasteiger partial charge in [-0.25, -0.2) is 9.97 Å². The van der Waals surface area contributed by atoms with Gasteiger partial charge >= 0.3 is 0 Å². The third kappa shape index (κ3) is 4.87. The number of amides is 1. The summed E-state index contributed by atoms with van der Waals surface area (Å²) in [6.07, 6.45) is 3.52. The molecule has 150 valence electrons. The maximum Gasteiger partial charge on any atom is 0.227 e. The number of piperidine rings is 1. The number of nitrogens with zero attached hydrogens (tertiary/aromatic N) is 4. The van der Waals surface area contributed by atoms with Gasteiger partial charge in [0.15, 0.2) is 0 Å². The summed E-state index contributed by atoms with van der Waals surface area (Å²) >= 11 is 1.69. The summed E-state index contributed by atoms with van der Waals surface area (Å²) in [6, 6.07) is 3.91. The smallest absolute Gasteiger partial charge is 0.227 e. The Bertz CT molecular complexity index is 780. The van der Waals surface area contributed by atoms with E-state index in [1.807, 2.05) is 19.1 Å². The van der Waals surface area contributed by atoms with E-state index in [1.165, 1.54) is 0 Å². The molecule has 1 amide bonds. The fraction of sp³-hybridized carbons (Fsp3) is 0.550. The van der Waals surface area contributed by atoms with E-state index in [0.717, 1.165) is 81.0 Å². The molecule has 4 rings (SSSR count). The SMILES string of the molecule is Cc1nc(CN2CCC(C(=O)Nc3ccc(N4CCOCC4)nc3)CC2)cs1. The van der Waals surface area contributed by atoms with Crippen LogP contribution in [0.2, 0.25) is 0 Å². The number of carbonyl (C=O) groups is 1. The van der Waals surface area contributed by atoms with Crippen LogP contribution in [0.1, 0.15) is 23.5 Å². The van der Waals surface area contributed by atoms with Crippen LogP contribution in [0.15, 0.2) is 23.7 Å². The highest BCUT2D eigenvalue weighted by atomic mass is 32.1. The van der Waals surface area contributed by atoms with Gasteiger partial charge in [0.1, 0.15) is 5.82 Å². The molecule has 2 saturated heterocycles. The molecule has 7 nitrogen and oxygen atoms in total. The zero-order chi connectivity index (χ0) is 19.3. The molecule has 4 heterocycles. The summed E-state index contributed by atoms with van der Waals surface area (Å²) in [5.74, 6) is 1.10. The molecular formula is C20H27N5O2S. The van der Waals surface area contributed by atoms with Gasteiger partial charge in [-0.3, -0.25) is 9.69 Å². The molecule has 1 N–H and O–H groups in total. The number of likely N-dealkylation sites (tertiary alicyclic amines) is 1. The summed E-state index contributed by atoms with van der Waals surface area (Å²) in [6.45, 7) is 7.97. The van der Waals surface area contributed by atoms with Crippen LogP contribution in [-0.4, -0.2) is 60.2 Å². The highest BCUT2D eigenvalue weighted by Gasteiger charge is 2.25. The van der Waals surface area contributed by atoms with Crippen LogP contribution in [-0.2, 0) is 16.1 Å². The van der Waals surface area contributed by atoms with E-state index in [9.17, 15) is 4.79 Å². The Morgan fingerprint density at radius 2 is 2.04 bits per heavy atom. The zero-order valence-electron chi connectivity index (χ0n) is 16.3. The summed E-state index contributed by atoms with van der Waals surface area (Å²) < 4.78 is 5.37. The van der Waals surface area contributed by atoms with Gasteiger partial charge in [0.25, 0.3) is 0 Å². The number of aromatic nitrogens is 2. The van der Waals surface area contributed by atoms with Crippen molar-refractivity contribution in [3.8, 4) is 0 Å². The molecule has 28 heavy (non-hydrogen) atoms. The van der Waals surface area contributed by atoms with Gasteiger partial charge in [-0.2, -0.15) is 0 Å². The summed E-state index contributed by atoms with van der Waals surface area (Å²) in [5.41, 5.74) is 1.90. The highest BCUT2D eigenvalue weighted by Crippen LogP contribution is 2.22. The molecule has 0 radical (unpaired) electrons. The Hall–Kier alpha value is -2.03. The lowest BCUT2D eigenvalue weighted by molar-refractivity contribution is -0.121. The van der Waals surface area contributed by atoms with Crippen LogP contribution in [0.5, 0.6) is 0 Å². The summed E-state index contributed by atoms with van der Waals surface area (Å²) in [4.78, 5) is 26.3. The average molecular weight is 402 g/mol. The first-order valence-electron chi connectivity index (χ1n) is 9.90. The Labute approximate surface area is 169 Å². The Morgan fingerprint density at radius 3 is 2.68 bits per heavy atom. The molecular weight excluding hydrogens is 374 g/mol. The van der Waals surface area contributed by atoms with Crippen LogP contribution >= 0.6 is 11.3 Å². The molecule has 0 atom stereocenters. The number of morpholine rings is 1. The zero-order valence-corrected chi connectivity index (χ0v) is 17.1. The quantitative estimate of drug-likeness (QED) is 0.830. The molecule has 2 aromatic rings. The fourth-order valence-corrected chi connectivity index (χ4v) is 4.35. The third-order valence-corrected chi connectivity index (χ3v) is 6.18. The van der Waals surface area contributed by atoms with E-state index in [4.69, 9.17) is 4.74 Å². The number of anilines is 2. The fourth-order valence-electron chi connectivity index (χ4n) is 3.75. The minimum atomic E-state index is 0.0624. The third-order valence-electron chi connectivity index (χ3n) is 5.36. The second kappa shape index (κ2) is 8.98. The monoisotopic (exact) mass is 401 g/mol. The number of nitrogens with one attached hydrogen (secondary N) is 1. The van der Waals surface area contributed by atoms with E-state index in [1.54, 1.807) is 17.5 Å². The topological polar surface area (TPSA) is 70.6 Å². The van der Waals surface area contributed by atoms with Gasteiger partial charge in [0.2, 0.25) is 5.91 Å². The van der Waals surface area contributed by atoms with Crippen LogP contribution in [0.25, 0.3) is 0 Å². The number of carbonyl (C=O) groups excluding carboxylic acids is 1. The van der Waals surface area contributed by atoms with E-state index >= 15 is 0 Å². The van der Waals surface area contributed by atoms with E-state index in [-0.39, 0.29) is 11.8 Å². The number of pyridine rings is 1. The van der Waals surface area contributed by atoms with Crippen LogP contribution in [0.4, 0.5) is 11.5 Å². The lowest BCUT2D eigenvalue weighted by atomic mass is 9.95. The molecule has 0 spiro atoms. The van der Waals surface area contributed by atoms with E-state index in [2.05, 4.69) is 30.5 Å². The standard InChI is InChI=1S/C20H27N5O2S/c1-15-22-18(14-28-15)13-24-6-4-16(5-7-24)20(26)23-17-2-3-19(21-12-17)25-8-10-27-11-9-25/h2-3,12,14,16H,4-11,13H2,1H3,(H,23,26). The van der Waals surface area contributed by atoms with Crippen molar-refractivity contribution in [2.45, 2.75) is 26.3 Å². The molecule has 2 aliphatic heterocycles. The van der Waals surface area contributed by atoms with Crippen molar-refractivity contribution in [1.29, 1.82) is 0 Å². The summed E-state index contributed by atoms with van der Waals surface area (Å²) in [5, 5.41) is 6.27. The van der Waals surface area contributed by atoms with Gasteiger partial charge in [-0.05, 0) is 45.0 Å². The normalized spacial score (nSPS) is 19.0. The van der Waals surface area contributed by atoms with Crippen molar-refractivity contribution in [1.82, 2.24) is 14.9 Å². The molecule has 0 aromatic carbocycles. The number of ether oxygens (including phenoxy) is 1. The van der Waals surface area contributed by atoms with Crippen LogP contribution in [0, 0.1) is 12.8 Å². The highest BCUT2D eigenvalue weighted by molar-refractivity contribution is 7.09. The van der Waals surface area contributed by atoms with E-state index < -0.39 is 0 Å². The molecule has 0 aliphatic carbocycles. The Morgan fingerprint density at radius 1 is 1.25 bits per heavy atom. The van der Waals surface area contributed by atoms with Gasteiger partial charge < -0.3 is 15.0 Å². The van der Waals surface area contributed by atoms with Gasteiger partial charge in [0.05, 0.1) is 35.8 Å². The second-order valence-corrected chi connectivity index (χ2v) is 8.46. The predicted octanol–water partition coefficient (Wildman–Crippen LogP) is 2.53. The number of thiazole rings is 1. The van der Waals surface area contributed by atoms with E-state index in [0.29, 0.717) is 0 Å². The van der Waals surface area contributed by atoms with Crippen molar-refractivity contribution in [3.05, 3.63) is 34.4 Å². The maximum atomic E-state index is 12.6. The first-order chi connectivity index (χ1) is 13.7. The van der Waals surface area contributed by atoms with Gasteiger partial charge in [0, 0.05) is 30.9 Å². The lowest BCUT2D eigenvalue weighted by Crippen LogP contribution is -2.38. The number of hydrogen-bond donors (Lipinski definition) is 1. The number of rotatable bonds is 5. The van der Waals surface area contributed by atoms with Crippen molar-refractivity contribution < 1.29 is 9.53 Å². The first-order valence-corrected chi connectivity index (χ1v) is 10.8. The largest absolute Gasteiger partial charge is 0.378 e. The van der Waals surface area contributed by atoms with Crippen molar-refractivity contribution in [2.75, 3.05) is 49.6 Å². The molecule has 0 bridgehead atoms. The second-order valence-electron chi connectivity index (χ2n) is 7.40. The van der Waals surface area contributed by atoms with Crippen molar-refractivity contribution in [2.24, 2.45) is 5.92 Å². The molecule has 8 heteroatoms. The van der Waals surface area contributed by atoms with Crippen molar-refractivity contribution >= 4 is 28.7 Å². The average Bonchev–Trinajstić information content (AvgIpc) is 3.14. The molecule has 0 saturated carbocycles. The predicted molar refractivity (Wildman–Crippen MR) is 111 cm³/mol. The van der Waals surface area contributed by atoms with Crippen LogP contribution < -0.4 is 10.2 Å². The summed E-state index contributed by atoms with van der Waals surface area (Å²) in [7, 11) is 0. The van der Waals surface area contributed by atoms with Gasteiger partial charge in [-0.15, -0.1) is 11.3 Å². The molecule has 2 aromatic heterocycles. The Balaban J connectivity index is 1.25. The minimum Gasteiger partial charge on any atom is -0.378 e. The number of aryl methyl sites for hydroxylation is 1. The Kier molecular flexibility index (Phi) is 6.19. The number of hydrogen-bond acceptors (Lipinski definition) is 7. The first kappa shape index (κ1) is 19.3. The van der Waals surface area contributed by atoms with Gasteiger partial charge in [-0.1, -0.05) is 0 Å². The minimum absolute atomic E-state index is 0.0624. The molecule has 0 unspecified atom stereocenters. The maximum absolute atomic E-state index is 12.6. The lowest BCUT2D eigenvalue weighted by Gasteiger charge is -2.30. The molecule has 2 fully saturated rings. The molecule has 2 aliphatic rings. The van der Waals surface area contributed by atoms with Crippen LogP contribution in [0.3, 0.4) is 0 Å². The van der Waals surface area contributed by atoms with Crippen molar-refractivity contribution in [3.63, 3.8) is 0 Å².